The maximum atomic E-state index is 12.2. The Balaban J connectivity index is 2.72. The number of carbonyl (C=O) groups is 2. The van der Waals surface area contributed by atoms with Crippen LogP contribution in [0.25, 0.3) is 11.1 Å². The lowest BCUT2D eigenvalue weighted by atomic mass is 10.1. The Morgan fingerprint density at radius 3 is 1.64 bits per heavy atom. The fourth-order valence-corrected chi connectivity index (χ4v) is 2.65. The van der Waals surface area contributed by atoms with Crippen molar-refractivity contribution >= 4 is 35.1 Å². The zero-order chi connectivity index (χ0) is 16.3. The van der Waals surface area contributed by atoms with Crippen LogP contribution in [0.15, 0.2) is 24.3 Å². The lowest BCUT2D eigenvalue weighted by Crippen LogP contribution is -2.06. The second-order valence-electron chi connectivity index (χ2n) is 4.38. The topological polar surface area (TPSA) is 52.6 Å². The van der Waals surface area contributed by atoms with Gasteiger partial charge in [-0.25, -0.2) is 9.59 Å². The molecule has 0 radical (unpaired) electrons. The monoisotopic (exact) mass is 340 g/mol. The van der Waals surface area contributed by atoms with Crippen LogP contribution in [0, 0.1) is 0 Å². The van der Waals surface area contributed by atoms with E-state index in [4.69, 9.17) is 32.7 Å². The molecule has 2 aliphatic rings. The summed E-state index contributed by atoms with van der Waals surface area (Å²) in [5.41, 5.74) is 1.29. The van der Waals surface area contributed by atoms with Crippen LogP contribution in [-0.2, 0) is 9.47 Å². The van der Waals surface area contributed by atoms with Crippen LogP contribution < -0.4 is 0 Å². The van der Waals surface area contributed by atoms with Gasteiger partial charge in [0.15, 0.2) is 0 Å². The molecule has 0 aliphatic heterocycles. The van der Waals surface area contributed by atoms with Gasteiger partial charge in [0.25, 0.3) is 0 Å². The number of rotatable bonds is 4. The zero-order valence-electron chi connectivity index (χ0n) is 12.1. The highest BCUT2D eigenvalue weighted by atomic mass is 35.5. The summed E-state index contributed by atoms with van der Waals surface area (Å²) in [4.78, 5) is 24.3. The van der Waals surface area contributed by atoms with Crippen LogP contribution in [-0.4, -0.2) is 25.2 Å². The Morgan fingerprint density at radius 2 is 1.27 bits per heavy atom. The van der Waals surface area contributed by atoms with Gasteiger partial charge < -0.3 is 9.47 Å². The minimum absolute atomic E-state index is 0.0363. The number of halogens is 2. The summed E-state index contributed by atoms with van der Waals surface area (Å²) in [5.74, 6) is -1.18. The van der Waals surface area contributed by atoms with Crippen LogP contribution in [0.4, 0.5) is 0 Å². The largest absolute Gasteiger partial charge is 0.462 e. The molecule has 116 valence electrons. The number of hydrogen-bond acceptors (Lipinski definition) is 4. The molecule has 0 fully saturated rings. The third-order valence-electron chi connectivity index (χ3n) is 3.05. The van der Waals surface area contributed by atoms with Crippen molar-refractivity contribution in [3.63, 3.8) is 0 Å². The molecule has 0 aromatic heterocycles. The number of fused-ring (bicyclic) bond motifs is 1. The van der Waals surface area contributed by atoms with E-state index in [1.54, 1.807) is 38.1 Å². The molecular weight excluding hydrogens is 327 g/mol. The van der Waals surface area contributed by atoms with Gasteiger partial charge in [0.2, 0.25) is 0 Å². The van der Waals surface area contributed by atoms with Crippen molar-refractivity contribution in [2.24, 2.45) is 0 Å². The molecule has 0 heterocycles. The van der Waals surface area contributed by atoms with Gasteiger partial charge >= 0.3 is 11.9 Å². The third-order valence-corrected chi connectivity index (χ3v) is 3.68. The lowest BCUT2D eigenvalue weighted by molar-refractivity contribution is 0.0525. The molecule has 22 heavy (non-hydrogen) atoms. The van der Waals surface area contributed by atoms with Gasteiger partial charge in [-0.15, -0.1) is 0 Å². The van der Waals surface area contributed by atoms with Gasteiger partial charge in [-0.3, -0.25) is 0 Å². The van der Waals surface area contributed by atoms with E-state index in [2.05, 4.69) is 0 Å². The minimum atomic E-state index is -0.588. The fraction of sp³-hybridized carbons (Fsp3) is 0.250. The van der Waals surface area contributed by atoms with Gasteiger partial charge in [-0.05, 0) is 37.1 Å². The molecule has 0 atom stereocenters. The molecule has 2 rings (SSSR count). The Labute approximate surface area is 138 Å². The fourth-order valence-electron chi connectivity index (χ4n) is 2.16. The normalized spacial score (nSPS) is 10.5. The van der Waals surface area contributed by atoms with E-state index in [1.165, 1.54) is 0 Å². The smallest absolute Gasteiger partial charge is 0.340 e. The molecule has 0 amide bonds. The predicted molar refractivity (Wildman–Crippen MR) is 85.0 cm³/mol. The van der Waals surface area contributed by atoms with Crippen LogP contribution in [0.5, 0.6) is 0 Å². The van der Waals surface area contributed by atoms with E-state index in [0.29, 0.717) is 16.1 Å². The Kier molecular flexibility index (Phi) is 5.27. The highest BCUT2D eigenvalue weighted by Crippen LogP contribution is 2.41. The van der Waals surface area contributed by atoms with Crippen LogP contribution in [0.1, 0.15) is 34.6 Å². The highest BCUT2D eigenvalue weighted by molar-refractivity contribution is 6.39. The highest BCUT2D eigenvalue weighted by Gasteiger charge is 2.31. The molecule has 6 heteroatoms. The summed E-state index contributed by atoms with van der Waals surface area (Å²) < 4.78 is 10.0. The van der Waals surface area contributed by atoms with E-state index in [0.717, 1.165) is 0 Å². The van der Waals surface area contributed by atoms with Crippen molar-refractivity contribution in [3.05, 3.63) is 45.4 Å². The Hall–Kier alpha value is -1.78. The molecule has 0 spiro atoms. The summed E-state index contributed by atoms with van der Waals surface area (Å²) in [6, 6.07) is 6.52. The first-order valence-corrected chi connectivity index (χ1v) is 7.51. The molecular formula is C16H14Cl2O4. The zero-order valence-corrected chi connectivity index (χ0v) is 13.6. The van der Waals surface area contributed by atoms with Gasteiger partial charge in [0, 0.05) is 5.02 Å². The van der Waals surface area contributed by atoms with E-state index >= 15 is 0 Å². The summed E-state index contributed by atoms with van der Waals surface area (Å²) in [6.07, 6.45) is 0. The number of ether oxygens (including phenoxy) is 2. The molecule has 0 N–H and O–H groups in total. The second kappa shape index (κ2) is 6.99. The van der Waals surface area contributed by atoms with Crippen LogP contribution >= 0.6 is 23.2 Å². The average molecular weight is 341 g/mol. The van der Waals surface area contributed by atoms with Gasteiger partial charge in [0.05, 0.1) is 29.4 Å². The van der Waals surface area contributed by atoms with Crippen LogP contribution in [0.3, 0.4) is 0 Å². The quantitative estimate of drug-likeness (QED) is 0.771. The Bertz CT molecular complexity index is 641. The van der Waals surface area contributed by atoms with Crippen LogP contribution in [0.2, 0.25) is 10.0 Å². The van der Waals surface area contributed by atoms with Crippen molar-refractivity contribution in [1.29, 1.82) is 0 Å². The molecule has 0 saturated heterocycles. The van der Waals surface area contributed by atoms with Gasteiger partial charge in [-0.2, -0.15) is 0 Å². The molecule has 0 unspecified atom stereocenters. The van der Waals surface area contributed by atoms with E-state index in [1.807, 2.05) is 0 Å². The molecule has 0 bridgehead atoms. The predicted octanol–water partition coefficient (Wildman–Crippen LogP) is 4.45. The van der Waals surface area contributed by atoms with Crippen molar-refractivity contribution in [1.82, 2.24) is 0 Å². The summed E-state index contributed by atoms with van der Waals surface area (Å²) >= 11 is 12.2. The van der Waals surface area contributed by atoms with Gasteiger partial charge in [-0.1, -0.05) is 35.3 Å². The van der Waals surface area contributed by atoms with Gasteiger partial charge in [0.1, 0.15) is 0 Å². The minimum Gasteiger partial charge on any atom is -0.462 e. The molecule has 2 aliphatic carbocycles. The van der Waals surface area contributed by atoms with E-state index in [-0.39, 0.29) is 29.4 Å². The molecule has 0 aromatic carbocycles. The SMILES string of the molecule is CCOC(=O)c1c2ccc(Cl)ccc-2c(C(=O)OCC)c1Cl. The van der Waals surface area contributed by atoms with Crippen molar-refractivity contribution in [2.45, 2.75) is 13.8 Å². The van der Waals surface area contributed by atoms with E-state index in [9.17, 15) is 9.59 Å². The summed E-state index contributed by atoms with van der Waals surface area (Å²) in [7, 11) is 0. The summed E-state index contributed by atoms with van der Waals surface area (Å²) in [5, 5.41) is 0.506. The molecule has 4 nitrogen and oxygen atoms in total. The standard InChI is InChI=1S/C16H14Cl2O4/c1-3-21-15(19)12-10-7-5-9(17)6-8-11(10)13(14(12)18)16(20)22-4-2/h5-8H,3-4H2,1-2H3. The average Bonchev–Trinajstić information content (AvgIpc) is 2.62. The van der Waals surface area contributed by atoms with E-state index < -0.39 is 11.9 Å². The first-order valence-electron chi connectivity index (χ1n) is 6.76. The maximum absolute atomic E-state index is 12.2. The molecule has 0 aromatic rings. The number of esters is 2. The van der Waals surface area contributed by atoms with Crippen molar-refractivity contribution in [2.75, 3.05) is 13.2 Å². The summed E-state index contributed by atoms with van der Waals surface area (Å²) in [6.45, 7) is 3.80. The number of hydrogen-bond donors (Lipinski definition) is 0. The van der Waals surface area contributed by atoms with Crippen molar-refractivity contribution < 1.29 is 19.1 Å². The maximum Gasteiger partial charge on any atom is 0.340 e. The third kappa shape index (κ3) is 3.03. The lowest BCUT2D eigenvalue weighted by Gasteiger charge is -2.02. The Morgan fingerprint density at radius 1 is 0.864 bits per heavy atom. The van der Waals surface area contributed by atoms with Crippen molar-refractivity contribution in [3.8, 4) is 11.1 Å². The molecule has 0 saturated carbocycles. The number of carbonyl (C=O) groups excluding carboxylic acids is 2. The first kappa shape index (κ1) is 16.6. The first-order chi connectivity index (χ1) is 10.5. The second-order valence-corrected chi connectivity index (χ2v) is 5.20.